The number of hydrogen-bond donors (Lipinski definition) is 0. The summed E-state index contributed by atoms with van der Waals surface area (Å²) in [6.45, 7) is 7.48. The molecule has 1 heterocycles. The second kappa shape index (κ2) is 5.76. The molecule has 4 heteroatoms. The molecular weight excluding hydrogens is 258 g/mol. The van der Waals surface area contributed by atoms with Crippen molar-refractivity contribution in [2.75, 3.05) is 7.05 Å². The molecule has 1 aliphatic rings. The quantitative estimate of drug-likeness (QED) is 0.788. The lowest BCUT2D eigenvalue weighted by Gasteiger charge is -2.38. The van der Waals surface area contributed by atoms with Crippen LogP contribution in [0.4, 0.5) is 0 Å². The van der Waals surface area contributed by atoms with Gasteiger partial charge in [0, 0.05) is 11.7 Å². The van der Waals surface area contributed by atoms with E-state index in [0.29, 0.717) is 16.6 Å². The van der Waals surface area contributed by atoms with Crippen molar-refractivity contribution < 1.29 is 0 Å². The summed E-state index contributed by atoms with van der Waals surface area (Å²) >= 11 is 5.99. The third-order valence-corrected chi connectivity index (χ3v) is 4.39. The maximum absolute atomic E-state index is 5.99. The third kappa shape index (κ3) is 4.15. The Bertz CT molecular complexity index is 415. The molecule has 19 heavy (non-hydrogen) atoms. The first-order valence-corrected chi connectivity index (χ1v) is 7.44. The van der Waals surface area contributed by atoms with Crippen molar-refractivity contribution in [1.82, 2.24) is 14.9 Å². The highest BCUT2D eigenvalue weighted by molar-refractivity contribution is 6.29. The standard InChI is InChI=1S/C15H24ClN3/c1-11-9-13(16)18-14(17-11)10-19(4)12-5-7-15(2,3)8-6-12/h9,12H,5-8,10H2,1-4H3. The molecule has 0 atom stereocenters. The topological polar surface area (TPSA) is 29.0 Å². The van der Waals surface area contributed by atoms with E-state index in [2.05, 4.69) is 35.8 Å². The fraction of sp³-hybridized carbons (Fsp3) is 0.733. The van der Waals surface area contributed by atoms with Crippen molar-refractivity contribution in [2.45, 2.75) is 59.0 Å². The predicted molar refractivity (Wildman–Crippen MR) is 79.3 cm³/mol. The minimum absolute atomic E-state index is 0.514. The van der Waals surface area contributed by atoms with Gasteiger partial charge in [-0.1, -0.05) is 25.4 Å². The molecule has 1 saturated carbocycles. The molecule has 0 aliphatic heterocycles. The van der Waals surface area contributed by atoms with Gasteiger partial charge in [-0.15, -0.1) is 0 Å². The lowest BCUT2D eigenvalue weighted by atomic mass is 9.75. The highest BCUT2D eigenvalue weighted by atomic mass is 35.5. The Hall–Kier alpha value is -0.670. The zero-order valence-electron chi connectivity index (χ0n) is 12.4. The largest absolute Gasteiger partial charge is 0.296 e. The molecule has 0 aromatic carbocycles. The Kier molecular flexibility index (Phi) is 4.46. The number of aromatic nitrogens is 2. The Balaban J connectivity index is 1.96. The molecule has 0 radical (unpaired) electrons. The summed E-state index contributed by atoms with van der Waals surface area (Å²) in [4.78, 5) is 11.1. The first-order valence-electron chi connectivity index (χ1n) is 7.06. The number of rotatable bonds is 3. The van der Waals surface area contributed by atoms with Gasteiger partial charge in [0.15, 0.2) is 0 Å². The Morgan fingerprint density at radius 3 is 2.53 bits per heavy atom. The molecular formula is C15H24ClN3. The molecule has 0 amide bonds. The molecule has 2 rings (SSSR count). The molecule has 0 N–H and O–H groups in total. The normalized spacial score (nSPS) is 19.9. The van der Waals surface area contributed by atoms with E-state index in [-0.39, 0.29) is 0 Å². The second-order valence-corrected chi connectivity index (χ2v) is 6.95. The van der Waals surface area contributed by atoms with Gasteiger partial charge < -0.3 is 0 Å². The lowest BCUT2D eigenvalue weighted by molar-refractivity contribution is 0.121. The zero-order chi connectivity index (χ0) is 14.0. The molecule has 1 fully saturated rings. The van der Waals surface area contributed by atoms with Crippen molar-refractivity contribution in [2.24, 2.45) is 5.41 Å². The van der Waals surface area contributed by atoms with Crippen molar-refractivity contribution in [3.63, 3.8) is 0 Å². The molecule has 1 aromatic rings. The van der Waals surface area contributed by atoms with Crippen LogP contribution in [-0.2, 0) is 6.54 Å². The Morgan fingerprint density at radius 2 is 1.95 bits per heavy atom. The van der Waals surface area contributed by atoms with E-state index < -0.39 is 0 Å². The average Bonchev–Trinajstić information content (AvgIpc) is 2.26. The molecule has 0 spiro atoms. The van der Waals surface area contributed by atoms with E-state index in [1.54, 1.807) is 6.07 Å². The number of nitrogens with zero attached hydrogens (tertiary/aromatic N) is 3. The van der Waals surface area contributed by atoms with Crippen LogP contribution in [0.2, 0.25) is 5.15 Å². The van der Waals surface area contributed by atoms with E-state index >= 15 is 0 Å². The lowest BCUT2D eigenvalue weighted by Crippen LogP contribution is -2.37. The van der Waals surface area contributed by atoms with E-state index in [0.717, 1.165) is 18.1 Å². The van der Waals surface area contributed by atoms with Crippen LogP contribution in [0.3, 0.4) is 0 Å². The summed E-state index contributed by atoms with van der Waals surface area (Å²) in [5.74, 6) is 0.831. The maximum Gasteiger partial charge on any atom is 0.144 e. The van der Waals surface area contributed by atoms with Gasteiger partial charge in [-0.3, -0.25) is 4.90 Å². The predicted octanol–water partition coefficient (Wildman–Crippen LogP) is 3.84. The monoisotopic (exact) mass is 281 g/mol. The molecule has 0 bridgehead atoms. The molecule has 1 aliphatic carbocycles. The minimum Gasteiger partial charge on any atom is -0.296 e. The van der Waals surface area contributed by atoms with Crippen molar-refractivity contribution in [3.05, 3.63) is 22.7 Å². The van der Waals surface area contributed by atoms with Gasteiger partial charge in [0.05, 0.1) is 6.54 Å². The van der Waals surface area contributed by atoms with Crippen LogP contribution in [-0.4, -0.2) is 28.0 Å². The van der Waals surface area contributed by atoms with Crippen molar-refractivity contribution in [3.8, 4) is 0 Å². The van der Waals surface area contributed by atoms with Gasteiger partial charge in [0.2, 0.25) is 0 Å². The van der Waals surface area contributed by atoms with Gasteiger partial charge in [-0.2, -0.15) is 0 Å². The molecule has 1 aromatic heterocycles. The third-order valence-electron chi connectivity index (χ3n) is 4.19. The fourth-order valence-electron chi connectivity index (χ4n) is 2.84. The Morgan fingerprint density at radius 1 is 1.32 bits per heavy atom. The summed E-state index contributed by atoms with van der Waals surface area (Å²) in [5, 5.41) is 0.542. The summed E-state index contributed by atoms with van der Waals surface area (Å²) in [6.07, 6.45) is 5.14. The molecule has 3 nitrogen and oxygen atoms in total. The van der Waals surface area contributed by atoms with Crippen LogP contribution in [0.15, 0.2) is 6.07 Å². The van der Waals surface area contributed by atoms with Gasteiger partial charge in [0.25, 0.3) is 0 Å². The summed E-state index contributed by atoms with van der Waals surface area (Å²) in [7, 11) is 2.17. The summed E-state index contributed by atoms with van der Waals surface area (Å²) in [5.41, 5.74) is 1.45. The second-order valence-electron chi connectivity index (χ2n) is 6.56. The highest BCUT2D eigenvalue weighted by Crippen LogP contribution is 2.36. The van der Waals surface area contributed by atoms with Crippen molar-refractivity contribution >= 4 is 11.6 Å². The zero-order valence-corrected chi connectivity index (χ0v) is 13.2. The molecule has 0 saturated heterocycles. The smallest absolute Gasteiger partial charge is 0.144 e. The Labute approximate surface area is 121 Å². The van der Waals surface area contributed by atoms with Crippen molar-refractivity contribution in [1.29, 1.82) is 0 Å². The first-order chi connectivity index (χ1) is 8.85. The SMILES string of the molecule is Cc1cc(Cl)nc(CN(C)C2CCC(C)(C)CC2)n1. The van der Waals surface area contributed by atoms with Gasteiger partial charge in [-0.25, -0.2) is 9.97 Å². The van der Waals surface area contributed by atoms with Crippen LogP contribution < -0.4 is 0 Å². The van der Waals surface area contributed by atoms with E-state index in [4.69, 9.17) is 11.6 Å². The van der Waals surface area contributed by atoms with Gasteiger partial charge in [-0.05, 0) is 51.1 Å². The molecule has 106 valence electrons. The van der Waals surface area contributed by atoms with E-state index in [1.807, 2.05) is 6.92 Å². The number of aryl methyl sites for hydroxylation is 1. The van der Waals surface area contributed by atoms with Crippen LogP contribution in [0, 0.1) is 12.3 Å². The van der Waals surface area contributed by atoms with E-state index in [1.165, 1.54) is 25.7 Å². The maximum atomic E-state index is 5.99. The van der Waals surface area contributed by atoms with Gasteiger partial charge in [0.1, 0.15) is 11.0 Å². The van der Waals surface area contributed by atoms with Crippen LogP contribution in [0.1, 0.15) is 51.0 Å². The summed E-state index contributed by atoms with van der Waals surface area (Å²) in [6, 6.07) is 2.45. The summed E-state index contributed by atoms with van der Waals surface area (Å²) < 4.78 is 0. The first kappa shape index (κ1) is 14.7. The van der Waals surface area contributed by atoms with Gasteiger partial charge >= 0.3 is 0 Å². The number of hydrogen-bond acceptors (Lipinski definition) is 3. The van der Waals surface area contributed by atoms with Crippen LogP contribution >= 0.6 is 11.6 Å². The van der Waals surface area contributed by atoms with Crippen LogP contribution in [0.25, 0.3) is 0 Å². The number of halogens is 1. The minimum atomic E-state index is 0.514. The highest BCUT2D eigenvalue weighted by Gasteiger charge is 2.28. The fourth-order valence-corrected chi connectivity index (χ4v) is 3.09. The average molecular weight is 282 g/mol. The van der Waals surface area contributed by atoms with Crippen LogP contribution in [0.5, 0.6) is 0 Å². The van der Waals surface area contributed by atoms with E-state index in [9.17, 15) is 0 Å². The molecule has 0 unspecified atom stereocenters.